The fraction of sp³-hybridized carbons (Fsp3) is 0.700. The van der Waals surface area contributed by atoms with Crippen LogP contribution in [-0.2, 0) is 11.3 Å². The van der Waals surface area contributed by atoms with Gasteiger partial charge in [0.25, 0.3) is 0 Å². The average molecular weight is 197 g/mol. The van der Waals surface area contributed by atoms with E-state index in [2.05, 4.69) is 14.9 Å². The van der Waals surface area contributed by atoms with Crippen LogP contribution in [0.5, 0.6) is 0 Å². The van der Waals surface area contributed by atoms with Gasteiger partial charge in [-0.3, -0.25) is 0 Å². The minimum Gasteiger partial charge on any atom is -0.377 e. The van der Waals surface area contributed by atoms with Gasteiger partial charge < -0.3 is 14.6 Å². The quantitative estimate of drug-likeness (QED) is 0.780. The van der Waals surface area contributed by atoms with E-state index in [9.17, 15) is 0 Å². The van der Waals surface area contributed by atoms with Crippen LogP contribution in [0.15, 0.2) is 6.20 Å². The summed E-state index contributed by atoms with van der Waals surface area (Å²) in [6, 6.07) is 0. The lowest BCUT2D eigenvalue weighted by Gasteiger charge is -2.09. The molecule has 0 atom stereocenters. The van der Waals surface area contributed by atoms with Gasteiger partial charge in [0.15, 0.2) is 0 Å². The highest BCUT2D eigenvalue weighted by Crippen LogP contribution is 2.07. The molecule has 0 aliphatic heterocycles. The predicted molar refractivity (Wildman–Crippen MR) is 57.6 cm³/mol. The highest BCUT2D eigenvalue weighted by Gasteiger charge is 2.03. The monoisotopic (exact) mass is 197 g/mol. The van der Waals surface area contributed by atoms with Crippen molar-refractivity contribution >= 4 is 5.95 Å². The van der Waals surface area contributed by atoms with Crippen molar-refractivity contribution in [3.8, 4) is 0 Å². The molecule has 1 rings (SSSR count). The number of hydrogen-bond acceptors (Lipinski definition) is 3. The van der Waals surface area contributed by atoms with Gasteiger partial charge in [-0.25, -0.2) is 4.98 Å². The van der Waals surface area contributed by atoms with E-state index in [-0.39, 0.29) is 6.10 Å². The summed E-state index contributed by atoms with van der Waals surface area (Å²) in [5.74, 6) is 0.898. The fourth-order valence-electron chi connectivity index (χ4n) is 1.30. The van der Waals surface area contributed by atoms with Crippen LogP contribution in [0.3, 0.4) is 0 Å². The second-order valence-electron chi connectivity index (χ2n) is 3.57. The van der Waals surface area contributed by atoms with E-state index in [1.807, 2.05) is 34.0 Å². The third-order valence-corrected chi connectivity index (χ3v) is 1.90. The van der Waals surface area contributed by atoms with Crippen molar-refractivity contribution in [2.24, 2.45) is 0 Å². The van der Waals surface area contributed by atoms with E-state index in [1.54, 1.807) is 0 Å². The number of aromatic nitrogens is 2. The van der Waals surface area contributed by atoms with Crippen LogP contribution in [0.4, 0.5) is 5.95 Å². The molecular formula is C10H19N3O. The van der Waals surface area contributed by atoms with Gasteiger partial charge in [0, 0.05) is 19.8 Å². The van der Waals surface area contributed by atoms with Crippen molar-refractivity contribution < 1.29 is 4.74 Å². The van der Waals surface area contributed by atoms with E-state index in [0.29, 0.717) is 0 Å². The first-order chi connectivity index (χ1) is 6.63. The van der Waals surface area contributed by atoms with Crippen LogP contribution >= 0.6 is 0 Å². The van der Waals surface area contributed by atoms with Gasteiger partial charge in [-0.2, -0.15) is 0 Å². The SMILES string of the molecule is CNc1nc(C)cn1CCOC(C)C. The van der Waals surface area contributed by atoms with E-state index < -0.39 is 0 Å². The zero-order valence-electron chi connectivity index (χ0n) is 9.37. The molecule has 14 heavy (non-hydrogen) atoms. The van der Waals surface area contributed by atoms with E-state index in [4.69, 9.17) is 4.74 Å². The van der Waals surface area contributed by atoms with E-state index >= 15 is 0 Å². The highest BCUT2D eigenvalue weighted by atomic mass is 16.5. The molecule has 0 saturated heterocycles. The Bertz CT molecular complexity index is 281. The van der Waals surface area contributed by atoms with Gasteiger partial charge in [0.2, 0.25) is 5.95 Å². The Balaban J connectivity index is 2.48. The van der Waals surface area contributed by atoms with Crippen LogP contribution < -0.4 is 5.32 Å². The van der Waals surface area contributed by atoms with Crippen LogP contribution in [0.2, 0.25) is 0 Å². The number of imidazole rings is 1. The normalized spacial score (nSPS) is 10.9. The van der Waals surface area contributed by atoms with Crippen molar-refractivity contribution in [2.75, 3.05) is 19.0 Å². The Morgan fingerprint density at radius 3 is 2.86 bits per heavy atom. The summed E-state index contributed by atoms with van der Waals surface area (Å²) in [6.07, 6.45) is 2.31. The molecule has 0 aromatic carbocycles. The fourth-order valence-corrected chi connectivity index (χ4v) is 1.30. The van der Waals surface area contributed by atoms with Gasteiger partial charge in [-0.1, -0.05) is 0 Å². The largest absolute Gasteiger partial charge is 0.377 e. The number of nitrogens with one attached hydrogen (secondary N) is 1. The molecule has 0 bridgehead atoms. The lowest BCUT2D eigenvalue weighted by Crippen LogP contribution is -2.11. The summed E-state index contributed by atoms with van der Waals surface area (Å²) in [5, 5.41) is 3.05. The molecule has 0 radical (unpaired) electrons. The second kappa shape index (κ2) is 5.00. The molecule has 0 fully saturated rings. The van der Waals surface area contributed by atoms with Gasteiger partial charge in [0.1, 0.15) is 0 Å². The Hall–Kier alpha value is -1.03. The summed E-state index contributed by atoms with van der Waals surface area (Å²) in [6.45, 7) is 7.63. The van der Waals surface area contributed by atoms with Crippen LogP contribution in [-0.4, -0.2) is 29.3 Å². The molecule has 0 aliphatic rings. The maximum atomic E-state index is 5.48. The number of aryl methyl sites for hydroxylation is 1. The third kappa shape index (κ3) is 3.03. The van der Waals surface area contributed by atoms with E-state index in [1.165, 1.54) is 0 Å². The molecule has 4 nitrogen and oxygen atoms in total. The summed E-state index contributed by atoms with van der Waals surface area (Å²) >= 11 is 0. The van der Waals surface area contributed by atoms with Crippen LogP contribution in [0.1, 0.15) is 19.5 Å². The summed E-state index contributed by atoms with van der Waals surface area (Å²) in [7, 11) is 1.88. The summed E-state index contributed by atoms with van der Waals surface area (Å²) in [5.41, 5.74) is 1.03. The first-order valence-electron chi connectivity index (χ1n) is 4.96. The molecule has 80 valence electrons. The first-order valence-corrected chi connectivity index (χ1v) is 4.96. The molecule has 1 N–H and O–H groups in total. The molecular weight excluding hydrogens is 178 g/mol. The number of hydrogen-bond donors (Lipinski definition) is 1. The molecule has 0 saturated carbocycles. The van der Waals surface area contributed by atoms with Crippen LogP contribution in [0, 0.1) is 6.92 Å². The number of ether oxygens (including phenoxy) is 1. The first kappa shape index (κ1) is 11.0. The smallest absolute Gasteiger partial charge is 0.202 e. The zero-order chi connectivity index (χ0) is 10.6. The molecule has 1 heterocycles. The maximum absolute atomic E-state index is 5.48. The third-order valence-electron chi connectivity index (χ3n) is 1.90. The number of anilines is 1. The molecule has 0 aliphatic carbocycles. The second-order valence-corrected chi connectivity index (χ2v) is 3.57. The van der Waals surface area contributed by atoms with E-state index in [0.717, 1.165) is 24.8 Å². The molecule has 1 aromatic rings. The van der Waals surface area contributed by atoms with Gasteiger partial charge in [-0.15, -0.1) is 0 Å². The summed E-state index contributed by atoms with van der Waals surface area (Å²) in [4.78, 5) is 4.32. The zero-order valence-corrected chi connectivity index (χ0v) is 9.37. The Morgan fingerprint density at radius 2 is 2.29 bits per heavy atom. The Kier molecular flexibility index (Phi) is 3.95. The Labute approximate surface area is 85.3 Å². The number of rotatable bonds is 5. The predicted octanol–water partition coefficient (Wildman–Crippen LogP) is 1.66. The minimum absolute atomic E-state index is 0.289. The van der Waals surface area contributed by atoms with Crippen molar-refractivity contribution in [1.82, 2.24) is 9.55 Å². The van der Waals surface area contributed by atoms with Crippen molar-refractivity contribution in [3.05, 3.63) is 11.9 Å². The lowest BCUT2D eigenvalue weighted by atomic mass is 10.5. The molecule has 0 unspecified atom stereocenters. The van der Waals surface area contributed by atoms with Gasteiger partial charge in [0.05, 0.1) is 18.4 Å². The minimum atomic E-state index is 0.289. The maximum Gasteiger partial charge on any atom is 0.202 e. The van der Waals surface area contributed by atoms with Crippen molar-refractivity contribution in [2.45, 2.75) is 33.4 Å². The topological polar surface area (TPSA) is 39.1 Å². The Morgan fingerprint density at radius 1 is 1.57 bits per heavy atom. The van der Waals surface area contributed by atoms with Crippen molar-refractivity contribution in [1.29, 1.82) is 0 Å². The standard InChI is InChI=1S/C10H19N3O/c1-8(2)14-6-5-13-7-9(3)12-10(13)11-4/h7-8H,5-6H2,1-4H3,(H,11,12). The lowest BCUT2D eigenvalue weighted by molar-refractivity contribution is 0.0730. The highest BCUT2D eigenvalue weighted by molar-refractivity contribution is 5.27. The van der Waals surface area contributed by atoms with Crippen LogP contribution in [0.25, 0.3) is 0 Å². The molecule has 0 amide bonds. The summed E-state index contributed by atoms with van der Waals surface area (Å²) < 4.78 is 7.55. The number of nitrogens with zero attached hydrogens (tertiary/aromatic N) is 2. The molecule has 4 heteroatoms. The van der Waals surface area contributed by atoms with Crippen molar-refractivity contribution in [3.63, 3.8) is 0 Å². The molecule has 0 spiro atoms. The average Bonchev–Trinajstić information content (AvgIpc) is 2.45. The van der Waals surface area contributed by atoms with Gasteiger partial charge in [-0.05, 0) is 20.8 Å². The molecule has 1 aromatic heterocycles. The van der Waals surface area contributed by atoms with Gasteiger partial charge >= 0.3 is 0 Å².